The highest BCUT2D eigenvalue weighted by atomic mass is 35.5. The molecule has 2 heterocycles. The van der Waals surface area contributed by atoms with Crippen molar-refractivity contribution in [2.75, 3.05) is 31.5 Å². The normalized spacial score (nSPS) is 17.6. The van der Waals surface area contributed by atoms with Gasteiger partial charge in [0.1, 0.15) is 11.6 Å². The standard InChI is InChI=1S/C27H22ClF5N4O2/c28-21-2-1-17(29)12-19(21)24-23-20(26(39)36-24)7-14(13-37-5-3-34-4-6-37)8-22(23)35-25(38)15-9-16(27(31,32)33)11-18(30)10-15/h1-2,7-12,24,34H,3-6,13H2,(H,35,38)(H,36,39). The molecule has 12 heteroatoms. The van der Waals surface area contributed by atoms with Gasteiger partial charge in [0.2, 0.25) is 0 Å². The van der Waals surface area contributed by atoms with E-state index >= 15 is 0 Å². The summed E-state index contributed by atoms with van der Waals surface area (Å²) in [6.45, 7) is 3.48. The molecule has 3 N–H and O–H groups in total. The average Bonchev–Trinajstić information content (AvgIpc) is 3.21. The Morgan fingerprint density at radius 1 is 1.03 bits per heavy atom. The van der Waals surface area contributed by atoms with Crippen LogP contribution in [0.4, 0.5) is 27.6 Å². The molecule has 204 valence electrons. The summed E-state index contributed by atoms with van der Waals surface area (Å²) in [6, 6.07) is 7.52. The van der Waals surface area contributed by atoms with E-state index in [1.54, 1.807) is 12.1 Å². The van der Waals surface area contributed by atoms with Crippen LogP contribution in [0.3, 0.4) is 0 Å². The zero-order valence-electron chi connectivity index (χ0n) is 20.3. The van der Waals surface area contributed by atoms with Gasteiger partial charge in [0, 0.05) is 65.7 Å². The minimum absolute atomic E-state index is 0.115. The van der Waals surface area contributed by atoms with Crippen LogP contribution in [-0.4, -0.2) is 42.9 Å². The molecular weight excluding hydrogens is 543 g/mol. The third-order valence-electron chi connectivity index (χ3n) is 6.67. The average molecular weight is 565 g/mol. The Kier molecular flexibility index (Phi) is 7.32. The lowest BCUT2D eigenvalue weighted by atomic mass is 9.94. The third-order valence-corrected chi connectivity index (χ3v) is 7.01. The molecule has 0 saturated carbocycles. The first kappa shape index (κ1) is 27.0. The second-order valence-corrected chi connectivity index (χ2v) is 9.79. The fourth-order valence-corrected chi connectivity index (χ4v) is 5.09. The van der Waals surface area contributed by atoms with Gasteiger partial charge in [0.05, 0.1) is 11.6 Å². The largest absolute Gasteiger partial charge is 0.416 e. The number of anilines is 1. The van der Waals surface area contributed by atoms with Crippen LogP contribution >= 0.6 is 11.6 Å². The van der Waals surface area contributed by atoms with E-state index in [4.69, 9.17) is 11.6 Å². The van der Waals surface area contributed by atoms with Gasteiger partial charge in [0.15, 0.2) is 0 Å². The van der Waals surface area contributed by atoms with Crippen molar-refractivity contribution < 1.29 is 31.5 Å². The number of alkyl halides is 3. The predicted octanol–water partition coefficient (Wildman–Crippen LogP) is 5.13. The van der Waals surface area contributed by atoms with Gasteiger partial charge >= 0.3 is 6.18 Å². The molecular formula is C27H22ClF5N4O2. The van der Waals surface area contributed by atoms with E-state index in [2.05, 4.69) is 20.9 Å². The van der Waals surface area contributed by atoms with Gasteiger partial charge in [-0.1, -0.05) is 11.6 Å². The lowest BCUT2D eigenvalue weighted by Crippen LogP contribution is -2.42. The van der Waals surface area contributed by atoms with Crippen molar-refractivity contribution in [2.24, 2.45) is 0 Å². The number of benzene rings is 3. The third kappa shape index (κ3) is 5.75. The minimum atomic E-state index is -4.86. The molecule has 1 unspecified atom stereocenters. The van der Waals surface area contributed by atoms with Crippen LogP contribution in [0.25, 0.3) is 0 Å². The van der Waals surface area contributed by atoms with Crippen molar-refractivity contribution in [3.8, 4) is 0 Å². The summed E-state index contributed by atoms with van der Waals surface area (Å²) in [5.74, 6) is -3.32. The van der Waals surface area contributed by atoms with E-state index in [1.165, 1.54) is 6.07 Å². The van der Waals surface area contributed by atoms with Gasteiger partial charge in [-0.25, -0.2) is 8.78 Å². The van der Waals surface area contributed by atoms with Crippen molar-refractivity contribution in [3.05, 3.63) is 98.6 Å². The molecule has 5 rings (SSSR count). The molecule has 2 aliphatic rings. The van der Waals surface area contributed by atoms with Crippen molar-refractivity contribution in [2.45, 2.75) is 18.8 Å². The van der Waals surface area contributed by atoms with Crippen LogP contribution in [0, 0.1) is 11.6 Å². The molecule has 6 nitrogen and oxygen atoms in total. The maximum Gasteiger partial charge on any atom is 0.416 e. The molecule has 3 aromatic rings. The number of hydrogen-bond donors (Lipinski definition) is 3. The number of nitrogens with zero attached hydrogens (tertiary/aromatic N) is 1. The van der Waals surface area contributed by atoms with E-state index in [0.717, 1.165) is 38.3 Å². The molecule has 0 spiro atoms. The lowest BCUT2D eigenvalue weighted by Gasteiger charge is -2.27. The number of carbonyl (C=O) groups is 2. The number of halogens is 6. The first-order chi connectivity index (χ1) is 18.5. The van der Waals surface area contributed by atoms with Crippen LogP contribution in [0.5, 0.6) is 0 Å². The smallest absolute Gasteiger partial charge is 0.341 e. The molecule has 2 amide bonds. The Morgan fingerprint density at radius 3 is 2.49 bits per heavy atom. The van der Waals surface area contributed by atoms with Gasteiger partial charge in [0.25, 0.3) is 11.8 Å². The van der Waals surface area contributed by atoms with Crippen molar-refractivity contribution in [3.63, 3.8) is 0 Å². The van der Waals surface area contributed by atoms with Crippen LogP contribution in [0.1, 0.15) is 49.0 Å². The van der Waals surface area contributed by atoms with Crippen molar-refractivity contribution in [1.29, 1.82) is 0 Å². The number of hydrogen-bond acceptors (Lipinski definition) is 4. The Balaban J connectivity index is 1.58. The highest BCUT2D eigenvalue weighted by Gasteiger charge is 2.36. The topological polar surface area (TPSA) is 73.5 Å². The zero-order chi connectivity index (χ0) is 27.9. The Labute approximate surface area is 225 Å². The first-order valence-corrected chi connectivity index (χ1v) is 12.4. The van der Waals surface area contributed by atoms with Gasteiger partial charge in [-0.05, 0) is 54.1 Å². The second-order valence-electron chi connectivity index (χ2n) is 9.38. The fraction of sp³-hybridized carbons (Fsp3) is 0.259. The molecule has 39 heavy (non-hydrogen) atoms. The summed E-state index contributed by atoms with van der Waals surface area (Å²) in [4.78, 5) is 28.3. The van der Waals surface area contributed by atoms with Gasteiger partial charge in [-0.15, -0.1) is 0 Å². The highest BCUT2D eigenvalue weighted by Crippen LogP contribution is 2.40. The molecule has 0 aromatic heterocycles. The number of piperazine rings is 1. The van der Waals surface area contributed by atoms with Crippen molar-refractivity contribution in [1.82, 2.24) is 15.5 Å². The highest BCUT2D eigenvalue weighted by molar-refractivity contribution is 6.31. The Morgan fingerprint density at radius 2 is 1.77 bits per heavy atom. The lowest BCUT2D eigenvalue weighted by molar-refractivity contribution is -0.137. The van der Waals surface area contributed by atoms with Crippen LogP contribution in [-0.2, 0) is 12.7 Å². The molecule has 1 fully saturated rings. The molecule has 3 aromatic carbocycles. The molecule has 0 aliphatic carbocycles. The van der Waals surface area contributed by atoms with Crippen LogP contribution in [0.15, 0.2) is 48.5 Å². The first-order valence-electron chi connectivity index (χ1n) is 12.0. The van der Waals surface area contributed by atoms with Crippen LogP contribution < -0.4 is 16.0 Å². The summed E-state index contributed by atoms with van der Waals surface area (Å²) in [5, 5.41) is 8.72. The van der Waals surface area contributed by atoms with Gasteiger partial charge < -0.3 is 16.0 Å². The maximum atomic E-state index is 14.1. The molecule has 0 bridgehead atoms. The summed E-state index contributed by atoms with van der Waals surface area (Å²) in [6.07, 6.45) is -4.86. The minimum Gasteiger partial charge on any atom is -0.341 e. The van der Waals surface area contributed by atoms with E-state index < -0.39 is 46.8 Å². The zero-order valence-corrected chi connectivity index (χ0v) is 21.0. The Hall–Kier alpha value is -3.54. The molecule has 1 atom stereocenters. The Bertz CT molecular complexity index is 1460. The van der Waals surface area contributed by atoms with E-state index in [1.807, 2.05) is 0 Å². The number of nitrogens with one attached hydrogen (secondary N) is 3. The number of fused-ring (bicyclic) bond motifs is 1. The number of carbonyl (C=O) groups excluding carboxylic acids is 2. The SMILES string of the molecule is O=C(Nc1cc(CN2CCNCC2)cc2c1C(c1cc(F)ccc1Cl)NC2=O)c1cc(F)cc(C(F)(F)F)c1. The van der Waals surface area contributed by atoms with E-state index in [-0.39, 0.29) is 27.4 Å². The summed E-state index contributed by atoms with van der Waals surface area (Å²) in [5.41, 5.74) is -0.366. The monoisotopic (exact) mass is 564 g/mol. The quantitative estimate of drug-likeness (QED) is 0.376. The maximum absolute atomic E-state index is 14.1. The number of rotatable bonds is 5. The van der Waals surface area contributed by atoms with Gasteiger partial charge in [-0.3, -0.25) is 14.5 Å². The summed E-state index contributed by atoms with van der Waals surface area (Å²) >= 11 is 6.32. The number of amides is 2. The second kappa shape index (κ2) is 10.6. The van der Waals surface area contributed by atoms with Crippen LogP contribution in [0.2, 0.25) is 5.02 Å². The van der Waals surface area contributed by atoms with Gasteiger partial charge in [-0.2, -0.15) is 13.2 Å². The predicted molar refractivity (Wildman–Crippen MR) is 135 cm³/mol. The fourth-order valence-electron chi connectivity index (χ4n) is 4.86. The summed E-state index contributed by atoms with van der Waals surface area (Å²) < 4.78 is 67.9. The molecule has 2 aliphatic heterocycles. The van der Waals surface area contributed by atoms with Crippen molar-refractivity contribution >= 4 is 29.1 Å². The van der Waals surface area contributed by atoms with E-state index in [0.29, 0.717) is 30.3 Å². The van der Waals surface area contributed by atoms with E-state index in [9.17, 15) is 31.5 Å². The summed E-state index contributed by atoms with van der Waals surface area (Å²) in [7, 11) is 0. The molecule has 0 radical (unpaired) electrons. The molecule has 1 saturated heterocycles.